The van der Waals surface area contributed by atoms with E-state index in [-0.39, 0.29) is 16.5 Å². The van der Waals surface area contributed by atoms with E-state index in [2.05, 4.69) is 10.1 Å². The quantitative estimate of drug-likeness (QED) is 0.469. The summed E-state index contributed by atoms with van der Waals surface area (Å²) >= 11 is 1.12. The van der Waals surface area contributed by atoms with Gasteiger partial charge in [0, 0.05) is 5.41 Å². The van der Waals surface area contributed by atoms with Gasteiger partial charge in [-0.05, 0) is 6.26 Å². The smallest absolute Gasteiger partial charge is 0.351 e. The molecule has 0 aromatic heterocycles. The summed E-state index contributed by atoms with van der Waals surface area (Å²) in [6, 6.07) is 1.73. The van der Waals surface area contributed by atoms with Gasteiger partial charge in [0.2, 0.25) is 5.91 Å². The number of rotatable bonds is 3. The van der Waals surface area contributed by atoms with Crippen LogP contribution in [0.1, 0.15) is 20.8 Å². The van der Waals surface area contributed by atoms with Crippen LogP contribution in [0.5, 0.6) is 0 Å². The monoisotopic (exact) mass is 256 g/mol. The molecule has 0 aromatic rings. The topological polar surface area (TPSA) is 79.2 Å². The molecule has 5 nitrogen and oxygen atoms in total. The summed E-state index contributed by atoms with van der Waals surface area (Å²) in [6.07, 6.45) is 1.67. The molecule has 0 saturated heterocycles. The predicted molar refractivity (Wildman–Crippen MR) is 65.8 cm³/mol. The first kappa shape index (κ1) is 15.5. The summed E-state index contributed by atoms with van der Waals surface area (Å²) in [4.78, 5) is 23.1. The van der Waals surface area contributed by atoms with Crippen molar-refractivity contribution >= 4 is 23.6 Å². The Morgan fingerprint density at radius 3 is 2.18 bits per heavy atom. The number of carbonyl (C=O) groups excluding carboxylic acids is 2. The van der Waals surface area contributed by atoms with Crippen molar-refractivity contribution < 1.29 is 14.3 Å². The third-order valence-electron chi connectivity index (χ3n) is 1.84. The Bertz CT molecular complexity index is 389. The van der Waals surface area contributed by atoms with E-state index in [0.717, 1.165) is 11.8 Å². The SMILES string of the molecule is COC(=O)C(C#N)=C(NC(=O)C(C)(C)C)SC. The lowest BCUT2D eigenvalue weighted by Crippen LogP contribution is -2.34. The van der Waals surface area contributed by atoms with Gasteiger partial charge in [-0.15, -0.1) is 11.8 Å². The minimum atomic E-state index is -0.758. The molecule has 0 aliphatic rings. The molecule has 0 aliphatic heterocycles. The Morgan fingerprint density at radius 2 is 1.88 bits per heavy atom. The third-order valence-corrected chi connectivity index (χ3v) is 2.56. The van der Waals surface area contributed by atoms with Crippen LogP contribution in [-0.4, -0.2) is 25.2 Å². The van der Waals surface area contributed by atoms with Crippen molar-refractivity contribution in [2.24, 2.45) is 5.41 Å². The van der Waals surface area contributed by atoms with Crippen LogP contribution in [0, 0.1) is 16.7 Å². The van der Waals surface area contributed by atoms with Crippen LogP contribution in [0.25, 0.3) is 0 Å². The van der Waals surface area contributed by atoms with Gasteiger partial charge in [-0.1, -0.05) is 20.8 Å². The summed E-state index contributed by atoms with van der Waals surface area (Å²) in [7, 11) is 1.18. The highest BCUT2D eigenvalue weighted by Gasteiger charge is 2.24. The normalized spacial score (nSPS) is 12.2. The van der Waals surface area contributed by atoms with Crippen LogP contribution in [-0.2, 0) is 14.3 Å². The zero-order valence-electron chi connectivity index (χ0n) is 10.6. The lowest BCUT2D eigenvalue weighted by Gasteiger charge is -2.18. The molecule has 0 saturated carbocycles. The Labute approximate surface area is 105 Å². The number of methoxy groups -OCH3 is 1. The van der Waals surface area contributed by atoms with E-state index in [0.29, 0.717) is 0 Å². The fourth-order valence-corrected chi connectivity index (χ4v) is 1.33. The number of esters is 1. The van der Waals surface area contributed by atoms with E-state index in [9.17, 15) is 9.59 Å². The number of hydrogen-bond donors (Lipinski definition) is 1. The molecule has 0 aromatic carbocycles. The van der Waals surface area contributed by atoms with Crippen LogP contribution in [0.2, 0.25) is 0 Å². The molecule has 0 fully saturated rings. The number of hydrogen-bond acceptors (Lipinski definition) is 5. The van der Waals surface area contributed by atoms with Gasteiger partial charge in [-0.25, -0.2) is 4.79 Å². The standard InChI is InChI=1S/C11H16N2O3S/c1-11(2,3)10(15)13-8(17-5)7(6-12)9(14)16-4/h1-5H3,(H,13,15). The van der Waals surface area contributed by atoms with Crippen LogP contribution in [0.15, 0.2) is 10.6 Å². The van der Waals surface area contributed by atoms with Crippen molar-refractivity contribution in [3.8, 4) is 6.07 Å². The summed E-state index contributed by atoms with van der Waals surface area (Å²) < 4.78 is 4.47. The molecule has 94 valence electrons. The highest BCUT2D eigenvalue weighted by molar-refractivity contribution is 8.02. The van der Waals surface area contributed by atoms with Crippen molar-refractivity contribution in [3.05, 3.63) is 10.6 Å². The maximum atomic E-state index is 11.7. The van der Waals surface area contributed by atoms with Crippen molar-refractivity contribution in [1.29, 1.82) is 5.26 Å². The number of ether oxygens (including phenoxy) is 1. The van der Waals surface area contributed by atoms with Crippen molar-refractivity contribution in [2.45, 2.75) is 20.8 Å². The minimum Gasteiger partial charge on any atom is -0.465 e. The molecule has 0 aliphatic carbocycles. The number of carbonyl (C=O) groups is 2. The number of amides is 1. The predicted octanol–water partition coefficient (Wildman–Crippen LogP) is 1.42. The molecule has 17 heavy (non-hydrogen) atoms. The highest BCUT2D eigenvalue weighted by Crippen LogP contribution is 2.19. The second-order valence-electron chi connectivity index (χ2n) is 4.22. The molecule has 0 radical (unpaired) electrons. The van der Waals surface area contributed by atoms with Crippen LogP contribution in [0.3, 0.4) is 0 Å². The molecule has 0 bridgehead atoms. The lowest BCUT2D eigenvalue weighted by molar-refractivity contribution is -0.135. The molecular weight excluding hydrogens is 240 g/mol. The van der Waals surface area contributed by atoms with E-state index in [4.69, 9.17) is 5.26 Å². The maximum Gasteiger partial charge on any atom is 0.351 e. The van der Waals surface area contributed by atoms with E-state index >= 15 is 0 Å². The van der Waals surface area contributed by atoms with Gasteiger partial charge in [0.15, 0.2) is 5.57 Å². The van der Waals surface area contributed by atoms with Crippen molar-refractivity contribution in [2.75, 3.05) is 13.4 Å². The zero-order valence-corrected chi connectivity index (χ0v) is 11.4. The molecule has 0 heterocycles. The summed E-state index contributed by atoms with van der Waals surface area (Å²) in [5.74, 6) is -1.02. The molecule has 6 heteroatoms. The van der Waals surface area contributed by atoms with Crippen LogP contribution in [0.4, 0.5) is 0 Å². The van der Waals surface area contributed by atoms with Gasteiger partial charge in [0.05, 0.1) is 7.11 Å². The second kappa shape index (κ2) is 6.30. The lowest BCUT2D eigenvalue weighted by atomic mass is 9.96. The third kappa shape index (κ3) is 4.49. The van der Waals surface area contributed by atoms with E-state index in [1.165, 1.54) is 7.11 Å². The van der Waals surface area contributed by atoms with E-state index < -0.39 is 11.4 Å². The first-order valence-corrected chi connectivity index (χ1v) is 6.08. The Morgan fingerprint density at radius 1 is 1.35 bits per heavy atom. The van der Waals surface area contributed by atoms with E-state index in [1.54, 1.807) is 33.1 Å². The largest absolute Gasteiger partial charge is 0.465 e. The first-order valence-electron chi connectivity index (χ1n) is 4.86. The Balaban J connectivity index is 5.21. The van der Waals surface area contributed by atoms with Crippen LogP contribution < -0.4 is 5.32 Å². The molecule has 0 unspecified atom stereocenters. The zero-order chi connectivity index (χ0) is 13.6. The van der Waals surface area contributed by atoms with Crippen molar-refractivity contribution in [1.82, 2.24) is 5.32 Å². The molecule has 0 atom stereocenters. The maximum absolute atomic E-state index is 11.7. The number of nitrogens with zero attached hydrogens (tertiary/aromatic N) is 1. The highest BCUT2D eigenvalue weighted by atomic mass is 32.2. The molecule has 1 amide bonds. The van der Waals surface area contributed by atoms with Crippen molar-refractivity contribution in [3.63, 3.8) is 0 Å². The summed E-state index contributed by atoms with van der Waals surface area (Å²) in [6.45, 7) is 5.22. The fraction of sp³-hybridized carbons (Fsp3) is 0.545. The summed E-state index contributed by atoms with van der Waals surface area (Å²) in [5, 5.41) is 11.6. The number of nitriles is 1. The van der Waals surface area contributed by atoms with Gasteiger partial charge >= 0.3 is 5.97 Å². The molecule has 0 rings (SSSR count). The van der Waals surface area contributed by atoms with E-state index in [1.807, 2.05) is 0 Å². The second-order valence-corrected chi connectivity index (χ2v) is 5.03. The Hall–Kier alpha value is -1.48. The van der Waals surface area contributed by atoms with Gasteiger partial charge < -0.3 is 10.1 Å². The number of nitrogens with one attached hydrogen (secondary N) is 1. The molecular formula is C11H16N2O3S. The van der Waals surface area contributed by atoms with Gasteiger partial charge in [0.25, 0.3) is 0 Å². The van der Waals surface area contributed by atoms with Gasteiger partial charge in [-0.3, -0.25) is 4.79 Å². The fourth-order valence-electron chi connectivity index (χ4n) is 0.797. The first-order chi connectivity index (χ1) is 7.77. The van der Waals surface area contributed by atoms with Crippen LogP contribution >= 0.6 is 11.8 Å². The van der Waals surface area contributed by atoms with Gasteiger partial charge in [-0.2, -0.15) is 5.26 Å². The summed E-state index contributed by atoms with van der Waals surface area (Å²) in [5.41, 5.74) is -0.796. The average molecular weight is 256 g/mol. The number of thioether (sulfide) groups is 1. The molecule has 1 N–H and O–H groups in total. The van der Waals surface area contributed by atoms with Gasteiger partial charge in [0.1, 0.15) is 11.1 Å². The molecule has 0 spiro atoms. The average Bonchev–Trinajstić information content (AvgIpc) is 2.26. The Kier molecular flexibility index (Phi) is 5.75. The minimum absolute atomic E-state index is 0.197.